The predicted octanol–water partition coefficient (Wildman–Crippen LogP) is -1.65. The molecule has 0 bridgehead atoms. The molecule has 8 heteroatoms. The highest BCUT2D eigenvalue weighted by Gasteiger charge is 2.54. The first-order valence-electron chi connectivity index (χ1n) is 8.90. The number of aliphatic hydroxyl groups is 6. The van der Waals surface area contributed by atoms with E-state index in [0.717, 1.165) is 31.6 Å². The van der Waals surface area contributed by atoms with Gasteiger partial charge in [0, 0.05) is 25.2 Å². The maximum Gasteiger partial charge on any atom is 0.187 e. The van der Waals surface area contributed by atoms with Gasteiger partial charge in [-0.05, 0) is 30.5 Å². The topological polar surface area (TPSA) is 134 Å². The molecule has 1 aromatic carbocycles. The second-order valence-electron chi connectivity index (χ2n) is 7.20. The highest BCUT2D eigenvalue weighted by Crippen LogP contribution is 2.32. The number of piperidine rings is 1. The van der Waals surface area contributed by atoms with Crippen LogP contribution >= 0.6 is 0 Å². The molecule has 6 N–H and O–H groups in total. The normalized spacial score (nSPS) is 36.3. The van der Waals surface area contributed by atoms with E-state index in [9.17, 15) is 25.5 Å². The molecule has 26 heavy (non-hydrogen) atoms. The third-order valence-electron chi connectivity index (χ3n) is 5.38. The maximum atomic E-state index is 10.7. The lowest BCUT2D eigenvalue weighted by atomic mass is 9.82. The van der Waals surface area contributed by atoms with Crippen molar-refractivity contribution in [3.63, 3.8) is 0 Å². The van der Waals surface area contributed by atoms with E-state index in [-0.39, 0.29) is 12.5 Å². The molecule has 2 fully saturated rings. The molecule has 0 spiro atoms. The number of hydrogen-bond donors (Lipinski definition) is 6. The van der Waals surface area contributed by atoms with Crippen LogP contribution in [0, 0.1) is 0 Å². The molecule has 0 saturated carbocycles. The number of ether oxygens (including phenoxy) is 1. The molecule has 0 unspecified atom stereocenters. The number of benzene rings is 1. The molecule has 2 heterocycles. The van der Waals surface area contributed by atoms with Crippen molar-refractivity contribution in [2.45, 2.75) is 55.6 Å². The molecular weight excluding hydrogens is 342 g/mol. The van der Waals surface area contributed by atoms with Crippen LogP contribution < -0.4 is 4.90 Å². The Kier molecular flexibility index (Phi) is 5.83. The van der Waals surface area contributed by atoms with Crippen LogP contribution in [-0.2, 0) is 11.2 Å². The van der Waals surface area contributed by atoms with Gasteiger partial charge in [0.15, 0.2) is 6.29 Å². The highest BCUT2D eigenvalue weighted by molar-refractivity contribution is 5.48. The van der Waals surface area contributed by atoms with Gasteiger partial charge >= 0.3 is 0 Å². The molecule has 0 aromatic heterocycles. The first-order chi connectivity index (χ1) is 12.3. The van der Waals surface area contributed by atoms with Crippen LogP contribution in [-0.4, -0.2) is 86.6 Å². The lowest BCUT2D eigenvalue weighted by Crippen LogP contribution is -2.67. The molecular formula is C18H27NO7. The number of rotatable bonds is 4. The summed E-state index contributed by atoms with van der Waals surface area (Å²) in [6, 6.07) is 7.32. The summed E-state index contributed by atoms with van der Waals surface area (Å²) in [4.78, 5) is 2.16. The Bertz CT molecular complexity index is 590. The maximum absolute atomic E-state index is 10.7. The van der Waals surface area contributed by atoms with Gasteiger partial charge in [-0.25, -0.2) is 0 Å². The van der Waals surface area contributed by atoms with Crippen LogP contribution in [0.3, 0.4) is 0 Å². The van der Waals surface area contributed by atoms with E-state index in [1.807, 2.05) is 12.1 Å². The Labute approximate surface area is 151 Å². The molecule has 0 radical (unpaired) electrons. The van der Waals surface area contributed by atoms with E-state index in [1.165, 1.54) is 0 Å². The summed E-state index contributed by atoms with van der Waals surface area (Å²) in [5.74, 6) is 0. The van der Waals surface area contributed by atoms with E-state index in [0.29, 0.717) is 5.56 Å². The third-order valence-corrected chi connectivity index (χ3v) is 5.38. The van der Waals surface area contributed by atoms with Gasteiger partial charge in [0.2, 0.25) is 0 Å². The average molecular weight is 369 g/mol. The van der Waals surface area contributed by atoms with Crippen molar-refractivity contribution < 1.29 is 35.4 Å². The first kappa shape index (κ1) is 19.5. The van der Waals surface area contributed by atoms with Crippen molar-refractivity contribution in [2.24, 2.45) is 0 Å². The summed E-state index contributed by atoms with van der Waals surface area (Å²) in [7, 11) is 0. The molecule has 2 aliphatic heterocycles. The summed E-state index contributed by atoms with van der Waals surface area (Å²) in [5, 5.41) is 59.7. The van der Waals surface area contributed by atoms with Gasteiger partial charge in [-0.1, -0.05) is 12.1 Å². The fourth-order valence-electron chi connectivity index (χ4n) is 3.63. The lowest BCUT2D eigenvalue weighted by molar-refractivity contribution is -0.328. The van der Waals surface area contributed by atoms with Gasteiger partial charge in [-0.3, -0.25) is 0 Å². The molecule has 5 atom stereocenters. The second kappa shape index (κ2) is 7.77. The fourth-order valence-corrected chi connectivity index (χ4v) is 3.63. The number of nitrogens with zero attached hydrogens (tertiary/aromatic N) is 1. The summed E-state index contributed by atoms with van der Waals surface area (Å²) in [6.07, 6.45) is -4.98. The van der Waals surface area contributed by atoms with Crippen LogP contribution in [0.25, 0.3) is 0 Å². The van der Waals surface area contributed by atoms with Crippen LogP contribution in [0.5, 0.6) is 0 Å². The smallest absolute Gasteiger partial charge is 0.187 e. The summed E-state index contributed by atoms with van der Waals surface area (Å²) < 4.78 is 5.05. The zero-order valence-electron chi connectivity index (χ0n) is 14.5. The Balaban J connectivity index is 1.70. The van der Waals surface area contributed by atoms with Crippen molar-refractivity contribution in [3.05, 3.63) is 29.8 Å². The van der Waals surface area contributed by atoms with Gasteiger partial charge in [-0.15, -0.1) is 0 Å². The van der Waals surface area contributed by atoms with E-state index in [2.05, 4.69) is 4.90 Å². The summed E-state index contributed by atoms with van der Waals surface area (Å²) in [6.45, 7) is 0.958. The van der Waals surface area contributed by atoms with Crippen molar-refractivity contribution in [1.82, 2.24) is 0 Å². The molecule has 0 amide bonds. The molecule has 2 aliphatic rings. The Morgan fingerprint density at radius 3 is 2.23 bits per heavy atom. The quantitative estimate of drug-likeness (QED) is 0.372. The number of hydrogen-bond acceptors (Lipinski definition) is 8. The zero-order valence-corrected chi connectivity index (χ0v) is 14.5. The fraction of sp³-hybridized carbons (Fsp3) is 0.667. The van der Waals surface area contributed by atoms with E-state index in [1.54, 1.807) is 12.1 Å². The van der Waals surface area contributed by atoms with Crippen molar-refractivity contribution >= 4 is 5.69 Å². The van der Waals surface area contributed by atoms with Gasteiger partial charge < -0.3 is 40.3 Å². The van der Waals surface area contributed by atoms with E-state index < -0.39 is 36.8 Å². The molecule has 8 nitrogen and oxygen atoms in total. The molecule has 0 aliphatic carbocycles. The van der Waals surface area contributed by atoms with Gasteiger partial charge in [0.1, 0.15) is 23.9 Å². The van der Waals surface area contributed by atoms with Crippen LogP contribution in [0.4, 0.5) is 5.69 Å². The standard InChI is InChI=1S/C18H27NO7/c20-10-14-15(22)16(23)18(25,17(24)26-14)9-11-1-3-12(4-2-11)19-7-5-13(21)6-8-19/h1-4,13-17,20-25H,5-10H2/t14-,15-,16+,17-,18-/m1/s1. The van der Waals surface area contributed by atoms with Crippen LogP contribution in [0.1, 0.15) is 18.4 Å². The van der Waals surface area contributed by atoms with Crippen molar-refractivity contribution in [1.29, 1.82) is 0 Å². The Hall–Kier alpha value is -1.26. The minimum absolute atomic E-state index is 0.121. The monoisotopic (exact) mass is 369 g/mol. The largest absolute Gasteiger partial charge is 0.394 e. The van der Waals surface area contributed by atoms with Crippen LogP contribution in [0.15, 0.2) is 24.3 Å². The lowest BCUT2D eigenvalue weighted by Gasteiger charge is -2.46. The minimum atomic E-state index is -2.08. The van der Waals surface area contributed by atoms with E-state index >= 15 is 0 Å². The van der Waals surface area contributed by atoms with Crippen LogP contribution in [0.2, 0.25) is 0 Å². The Morgan fingerprint density at radius 2 is 1.65 bits per heavy atom. The SMILES string of the molecule is OC[C@H]1O[C@@H](O)[C@@](O)(Cc2ccc(N3CCC(O)CC3)cc2)[C@@H](O)[C@@H]1O. The van der Waals surface area contributed by atoms with Gasteiger partial charge in [-0.2, -0.15) is 0 Å². The molecule has 2 saturated heterocycles. The minimum Gasteiger partial charge on any atom is -0.394 e. The average Bonchev–Trinajstić information content (AvgIpc) is 2.65. The Morgan fingerprint density at radius 1 is 1.04 bits per heavy atom. The summed E-state index contributed by atoms with van der Waals surface area (Å²) in [5.41, 5.74) is -0.430. The third kappa shape index (κ3) is 3.72. The second-order valence-corrected chi connectivity index (χ2v) is 7.20. The molecule has 3 rings (SSSR count). The van der Waals surface area contributed by atoms with Gasteiger partial charge in [0.05, 0.1) is 12.7 Å². The predicted molar refractivity (Wildman–Crippen MR) is 92.5 cm³/mol. The van der Waals surface area contributed by atoms with Gasteiger partial charge in [0.25, 0.3) is 0 Å². The number of anilines is 1. The molecule has 1 aromatic rings. The number of aliphatic hydroxyl groups excluding tert-OH is 5. The van der Waals surface area contributed by atoms with E-state index in [4.69, 9.17) is 9.84 Å². The highest BCUT2D eigenvalue weighted by atomic mass is 16.6. The van der Waals surface area contributed by atoms with Crippen molar-refractivity contribution in [3.8, 4) is 0 Å². The molecule has 146 valence electrons. The van der Waals surface area contributed by atoms with Crippen molar-refractivity contribution in [2.75, 3.05) is 24.6 Å². The summed E-state index contributed by atoms with van der Waals surface area (Å²) >= 11 is 0. The zero-order chi connectivity index (χ0) is 18.9. The first-order valence-corrected chi connectivity index (χ1v) is 8.90.